The molecule has 1 N–H and O–H groups in total. The minimum atomic E-state index is 0.388. The van der Waals surface area contributed by atoms with Crippen LogP contribution in [0.3, 0.4) is 0 Å². The predicted molar refractivity (Wildman–Crippen MR) is 74.5 cm³/mol. The Morgan fingerprint density at radius 1 is 1.28 bits per heavy atom. The third-order valence-corrected chi connectivity index (χ3v) is 3.41. The maximum atomic E-state index is 4.18. The number of nitrogens with one attached hydrogen (secondary N) is 1. The molecule has 3 nitrogen and oxygen atoms in total. The van der Waals surface area contributed by atoms with E-state index >= 15 is 0 Å². The number of aryl methyl sites for hydroxylation is 2. The van der Waals surface area contributed by atoms with E-state index in [1.807, 2.05) is 17.9 Å². The lowest BCUT2D eigenvalue weighted by Gasteiger charge is -2.16. The monoisotopic (exact) mass is 243 g/mol. The lowest BCUT2D eigenvalue weighted by atomic mass is 10.0. The van der Waals surface area contributed by atoms with Crippen LogP contribution in [0.5, 0.6) is 0 Å². The van der Waals surface area contributed by atoms with Crippen LogP contribution < -0.4 is 5.32 Å². The molecule has 3 heteroatoms. The zero-order valence-corrected chi connectivity index (χ0v) is 11.4. The standard InChI is InChI=1S/C15H21N3/c1-12-6-4-5-7-15(12)13(2)16-10-8-14-9-11-17-18(14)3/h4-7,9,11,13,16H,8,10H2,1-3H3. The first-order chi connectivity index (χ1) is 8.68. The van der Waals surface area contributed by atoms with Gasteiger partial charge in [-0.25, -0.2) is 0 Å². The molecule has 2 rings (SSSR count). The van der Waals surface area contributed by atoms with Gasteiger partial charge in [0.05, 0.1) is 0 Å². The SMILES string of the molecule is Cc1ccccc1C(C)NCCc1ccnn1C. The van der Waals surface area contributed by atoms with Gasteiger partial charge in [0.1, 0.15) is 0 Å². The molecule has 0 amide bonds. The second-order valence-electron chi connectivity index (χ2n) is 4.73. The first kappa shape index (κ1) is 12.8. The summed E-state index contributed by atoms with van der Waals surface area (Å²) in [7, 11) is 1.99. The number of hydrogen-bond donors (Lipinski definition) is 1. The molecule has 0 aliphatic carbocycles. The van der Waals surface area contributed by atoms with Crippen LogP contribution in [0, 0.1) is 6.92 Å². The first-order valence-electron chi connectivity index (χ1n) is 6.44. The first-order valence-corrected chi connectivity index (χ1v) is 6.44. The molecule has 0 bridgehead atoms. The fraction of sp³-hybridized carbons (Fsp3) is 0.400. The van der Waals surface area contributed by atoms with Crippen LogP contribution >= 0.6 is 0 Å². The summed E-state index contributed by atoms with van der Waals surface area (Å²) in [6, 6.07) is 11.0. The Hall–Kier alpha value is -1.61. The van der Waals surface area contributed by atoms with Crippen molar-refractivity contribution in [3.63, 3.8) is 0 Å². The van der Waals surface area contributed by atoms with Crippen LogP contribution in [0.1, 0.15) is 29.8 Å². The highest BCUT2D eigenvalue weighted by Crippen LogP contribution is 2.16. The van der Waals surface area contributed by atoms with Gasteiger partial charge in [-0.05, 0) is 31.0 Å². The quantitative estimate of drug-likeness (QED) is 0.875. The number of benzene rings is 1. The highest BCUT2D eigenvalue weighted by atomic mass is 15.3. The van der Waals surface area contributed by atoms with E-state index in [1.54, 1.807) is 0 Å². The summed E-state index contributed by atoms with van der Waals surface area (Å²) in [5.41, 5.74) is 3.99. The van der Waals surface area contributed by atoms with E-state index in [1.165, 1.54) is 16.8 Å². The summed E-state index contributed by atoms with van der Waals surface area (Å²) in [5, 5.41) is 7.74. The van der Waals surface area contributed by atoms with E-state index in [0.29, 0.717) is 6.04 Å². The lowest BCUT2D eigenvalue weighted by molar-refractivity contribution is 0.562. The minimum absolute atomic E-state index is 0.388. The van der Waals surface area contributed by atoms with Crippen molar-refractivity contribution in [2.24, 2.45) is 7.05 Å². The van der Waals surface area contributed by atoms with E-state index in [4.69, 9.17) is 0 Å². The number of nitrogens with zero attached hydrogens (tertiary/aromatic N) is 2. The Balaban J connectivity index is 1.87. The molecule has 1 atom stereocenters. The molecule has 1 unspecified atom stereocenters. The van der Waals surface area contributed by atoms with Crippen molar-refractivity contribution in [2.45, 2.75) is 26.3 Å². The second kappa shape index (κ2) is 5.83. The Bertz CT molecular complexity index is 502. The van der Waals surface area contributed by atoms with E-state index in [0.717, 1.165) is 13.0 Å². The molecule has 0 aliphatic heterocycles. The van der Waals surface area contributed by atoms with Gasteiger partial charge in [0.25, 0.3) is 0 Å². The third-order valence-electron chi connectivity index (χ3n) is 3.41. The van der Waals surface area contributed by atoms with Crippen molar-refractivity contribution in [3.05, 3.63) is 53.3 Å². The highest BCUT2D eigenvalue weighted by molar-refractivity contribution is 5.28. The molecule has 1 aromatic heterocycles. The van der Waals surface area contributed by atoms with Crippen molar-refractivity contribution in [1.82, 2.24) is 15.1 Å². The molecule has 96 valence electrons. The van der Waals surface area contributed by atoms with Crippen molar-refractivity contribution in [1.29, 1.82) is 0 Å². The summed E-state index contributed by atoms with van der Waals surface area (Å²) in [6.07, 6.45) is 2.85. The molecule has 0 saturated heterocycles. The van der Waals surface area contributed by atoms with Crippen LogP contribution in [-0.4, -0.2) is 16.3 Å². The Morgan fingerprint density at radius 3 is 2.72 bits per heavy atom. The van der Waals surface area contributed by atoms with Crippen molar-refractivity contribution < 1.29 is 0 Å². The van der Waals surface area contributed by atoms with Gasteiger partial charge in [0.15, 0.2) is 0 Å². The van der Waals surface area contributed by atoms with Gasteiger partial charge in [0.2, 0.25) is 0 Å². The van der Waals surface area contributed by atoms with Crippen LogP contribution in [0.4, 0.5) is 0 Å². The van der Waals surface area contributed by atoms with Gasteiger partial charge >= 0.3 is 0 Å². The molecule has 0 aliphatic rings. The molecule has 0 fully saturated rings. The van der Waals surface area contributed by atoms with Gasteiger partial charge in [-0.2, -0.15) is 5.10 Å². The van der Waals surface area contributed by atoms with Crippen LogP contribution in [0.2, 0.25) is 0 Å². The summed E-state index contributed by atoms with van der Waals surface area (Å²) in [6.45, 7) is 5.34. The molecule has 2 aromatic rings. The zero-order valence-electron chi connectivity index (χ0n) is 11.4. The Kier molecular flexibility index (Phi) is 4.15. The minimum Gasteiger partial charge on any atom is -0.310 e. The molecule has 18 heavy (non-hydrogen) atoms. The van der Waals surface area contributed by atoms with Crippen LogP contribution in [0.25, 0.3) is 0 Å². The summed E-state index contributed by atoms with van der Waals surface area (Å²) >= 11 is 0. The molecule has 1 heterocycles. The van der Waals surface area contributed by atoms with Gasteiger partial charge in [-0.15, -0.1) is 0 Å². The smallest absolute Gasteiger partial charge is 0.0492 e. The third kappa shape index (κ3) is 2.99. The normalized spacial score (nSPS) is 12.6. The van der Waals surface area contributed by atoms with E-state index < -0.39 is 0 Å². The Labute approximate surface area is 109 Å². The van der Waals surface area contributed by atoms with Crippen molar-refractivity contribution >= 4 is 0 Å². The van der Waals surface area contributed by atoms with Crippen LogP contribution in [0.15, 0.2) is 36.5 Å². The number of aromatic nitrogens is 2. The number of hydrogen-bond acceptors (Lipinski definition) is 2. The topological polar surface area (TPSA) is 29.9 Å². The fourth-order valence-electron chi connectivity index (χ4n) is 2.25. The average molecular weight is 243 g/mol. The molecular weight excluding hydrogens is 222 g/mol. The van der Waals surface area contributed by atoms with Crippen LogP contribution in [-0.2, 0) is 13.5 Å². The van der Waals surface area contributed by atoms with E-state index in [2.05, 4.69) is 54.6 Å². The Morgan fingerprint density at radius 2 is 2.06 bits per heavy atom. The molecule has 0 spiro atoms. The molecule has 0 radical (unpaired) electrons. The molecule has 0 saturated carbocycles. The largest absolute Gasteiger partial charge is 0.310 e. The van der Waals surface area contributed by atoms with E-state index in [9.17, 15) is 0 Å². The average Bonchev–Trinajstić information content (AvgIpc) is 2.75. The maximum Gasteiger partial charge on any atom is 0.0492 e. The lowest BCUT2D eigenvalue weighted by Crippen LogP contribution is -2.22. The number of rotatable bonds is 5. The van der Waals surface area contributed by atoms with Gasteiger partial charge in [0, 0.05) is 37.9 Å². The second-order valence-corrected chi connectivity index (χ2v) is 4.73. The summed E-state index contributed by atoms with van der Waals surface area (Å²) in [4.78, 5) is 0. The maximum absolute atomic E-state index is 4.18. The molecular formula is C15H21N3. The highest BCUT2D eigenvalue weighted by Gasteiger charge is 2.07. The van der Waals surface area contributed by atoms with Crippen molar-refractivity contribution in [3.8, 4) is 0 Å². The predicted octanol–water partition coefficient (Wildman–Crippen LogP) is 2.62. The zero-order chi connectivity index (χ0) is 13.0. The summed E-state index contributed by atoms with van der Waals surface area (Å²) in [5.74, 6) is 0. The van der Waals surface area contributed by atoms with Gasteiger partial charge < -0.3 is 5.32 Å². The van der Waals surface area contributed by atoms with E-state index in [-0.39, 0.29) is 0 Å². The summed E-state index contributed by atoms with van der Waals surface area (Å²) < 4.78 is 1.93. The van der Waals surface area contributed by atoms with Crippen molar-refractivity contribution in [2.75, 3.05) is 6.54 Å². The van der Waals surface area contributed by atoms with Gasteiger partial charge in [-0.1, -0.05) is 24.3 Å². The fourth-order valence-corrected chi connectivity index (χ4v) is 2.25. The molecule has 1 aromatic carbocycles. The van der Waals surface area contributed by atoms with Gasteiger partial charge in [-0.3, -0.25) is 4.68 Å².